The largest absolute Gasteiger partial charge is 0.467 e. The molecule has 0 aliphatic heterocycles. The Bertz CT molecular complexity index is 765. The zero-order valence-corrected chi connectivity index (χ0v) is 15.5. The van der Waals surface area contributed by atoms with Crippen molar-refractivity contribution in [1.29, 1.82) is 0 Å². The Morgan fingerprint density at radius 1 is 1.08 bits per heavy atom. The molecule has 0 saturated heterocycles. The van der Waals surface area contributed by atoms with Crippen molar-refractivity contribution in [2.45, 2.75) is 12.0 Å². The molecule has 6 nitrogen and oxygen atoms in total. The van der Waals surface area contributed by atoms with Crippen molar-refractivity contribution < 1.29 is 23.6 Å². The van der Waals surface area contributed by atoms with E-state index in [1.165, 1.54) is 7.11 Å². The molecule has 3 rings (SSSR count). The number of carbonyl (C=O) groups is 2. The SMILES string of the molecule is COC(=O)C(COP)NC(=O)OCC1c2ccccc2-c2ccccc21. The summed E-state index contributed by atoms with van der Waals surface area (Å²) in [5.74, 6) is -0.635. The number of nitrogens with one attached hydrogen (secondary N) is 1. The molecule has 0 saturated carbocycles. The van der Waals surface area contributed by atoms with Gasteiger partial charge in [0.2, 0.25) is 0 Å². The second-order valence-electron chi connectivity index (χ2n) is 5.88. The molecule has 1 aliphatic rings. The summed E-state index contributed by atoms with van der Waals surface area (Å²) in [4.78, 5) is 23.8. The van der Waals surface area contributed by atoms with Crippen LogP contribution in [0.4, 0.5) is 4.79 Å². The molecule has 0 spiro atoms. The lowest BCUT2D eigenvalue weighted by Gasteiger charge is -2.17. The highest BCUT2D eigenvalue weighted by atomic mass is 31.0. The molecule has 2 aromatic rings. The molecule has 2 aromatic carbocycles. The van der Waals surface area contributed by atoms with Crippen LogP contribution in [0.15, 0.2) is 48.5 Å². The topological polar surface area (TPSA) is 73.9 Å². The summed E-state index contributed by atoms with van der Waals surface area (Å²) >= 11 is 0. The quantitative estimate of drug-likeness (QED) is 0.623. The molecule has 7 heteroatoms. The minimum atomic E-state index is -0.923. The van der Waals surface area contributed by atoms with E-state index in [4.69, 9.17) is 9.26 Å². The van der Waals surface area contributed by atoms with E-state index in [0.29, 0.717) is 0 Å². The van der Waals surface area contributed by atoms with E-state index in [1.807, 2.05) is 45.9 Å². The van der Waals surface area contributed by atoms with E-state index in [2.05, 4.69) is 22.2 Å². The molecule has 2 atom stereocenters. The van der Waals surface area contributed by atoms with Crippen LogP contribution in [0.1, 0.15) is 17.0 Å². The number of rotatable bonds is 6. The summed E-state index contributed by atoms with van der Waals surface area (Å²) in [6.45, 7) is 0.150. The van der Waals surface area contributed by atoms with Gasteiger partial charge in [0.1, 0.15) is 6.61 Å². The van der Waals surface area contributed by atoms with Gasteiger partial charge in [-0.2, -0.15) is 0 Å². The third-order valence-electron chi connectivity index (χ3n) is 4.38. The third-order valence-corrected chi connectivity index (χ3v) is 4.58. The maximum absolute atomic E-state index is 12.1. The fraction of sp³-hybridized carbons (Fsp3) is 0.263. The lowest BCUT2D eigenvalue weighted by atomic mass is 9.98. The highest BCUT2D eigenvalue weighted by Crippen LogP contribution is 2.44. The van der Waals surface area contributed by atoms with E-state index >= 15 is 0 Å². The van der Waals surface area contributed by atoms with Gasteiger partial charge in [-0.1, -0.05) is 48.5 Å². The van der Waals surface area contributed by atoms with Gasteiger partial charge >= 0.3 is 12.1 Å². The molecule has 0 aromatic heterocycles. The number of benzene rings is 2. The first-order valence-electron chi connectivity index (χ1n) is 8.16. The van der Waals surface area contributed by atoms with Crippen molar-refractivity contribution in [1.82, 2.24) is 5.32 Å². The predicted octanol–water partition coefficient (Wildman–Crippen LogP) is 2.87. The van der Waals surface area contributed by atoms with Gasteiger partial charge in [0.15, 0.2) is 6.04 Å². The Morgan fingerprint density at radius 3 is 2.19 bits per heavy atom. The maximum Gasteiger partial charge on any atom is 0.407 e. The van der Waals surface area contributed by atoms with Crippen molar-refractivity contribution in [3.05, 3.63) is 59.7 Å². The van der Waals surface area contributed by atoms with Crippen LogP contribution >= 0.6 is 9.47 Å². The van der Waals surface area contributed by atoms with E-state index in [9.17, 15) is 9.59 Å². The Labute approximate surface area is 154 Å². The molecule has 0 fully saturated rings. The van der Waals surface area contributed by atoms with E-state index in [1.54, 1.807) is 0 Å². The highest BCUT2D eigenvalue weighted by Gasteiger charge is 2.29. The summed E-state index contributed by atoms with van der Waals surface area (Å²) < 4.78 is 14.9. The van der Waals surface area contributed by atoms with Crippen LogP contribution in [0.3, 0.4) is 0 Å². The summed E-state index contributed by atoms with van der Waals surface area (Å²) in [5, 5.41) is 2.47. The Hall–Kier alpha value is -2.43. The van der Waals surface area contributed by atoms with Gasteiger partial charge < -0.3 is 19.3 Å². The lowest BCUT2D eigenvalue weighted by Crippen LogP contribution is -2.44. The second kappa shape index (κ2) is 8.30. The van der Waals surface area contributed by atoms with Gasteiger partial charge in [-0.25, -0.2) is 9.59 Å². The van der Waals surface area contributed by atoms with Crippen molar-refractivity contribution in [2.75, 3.05) is 20.3 Å². The number of esters is 1. The summed E-state index contributed by atoms with van der Waals surface area (Å²) in [6.07, 6.45) is -0.690. The van der Waals surface area contributed by atoms with Crippen molar-refractivity contribution in [2.24, 2.45) is 0 Å². The Balaban J connectivity index is 1.70. The number of hydrogen-bond acceptors (Lipinski definition) is 5. The van der Waals surface area contributed by atoms with E-state index in [-0.39, 0.29) is 19.1 Å². The van der Waals surface area contributed by atoms with E-state index < -0.39 is 18.1 Å². The molecule has 1 amide bonds. The van der Waals surface area contributed by atoms with Gasteiger partial charge in [0.25, 0.3) is 0 Å². The molecule has 0 heterocycles. The second-order valence-corrected chi connectivity index (χ2v) is 6.21. The summed E-state index contributed by atoms with van der Waals surface area (Å²) in [6, 6.07) is 15.2. The maximum atomic E-state index is 12.1. The fourth-order valence-corrected chi connectivity index (χ4v) is 3.38. The normalized spacial score (nSPS) is 13.5. The number of amides is 1. The van der Waals surface area contributed by atoms with Crippen molar-refractivity contribution in [3.8, 4) is 11.1 Å². The van der Waals surface area contributed by atoms with Gasteiger partial charge in [0.05, 0.1) is 13.7 Å². The van der Waals surface area contributed by atoms with Crippen molar-refractivity contribution >= 4 is 21.5 Å². The molecular formula is C19H20NO5P. The van der Waals surface area contributed by atoms with Gasteiger partial charge in [-0.15, -0.1) is 0 Å². The number of ether oxygens (including phenoxy) is 2. The minimum absolute atomic E-state index is 0.0263. The van der Waals surface area contributed by atoms with Crippen LogP contribution in [0.5, 0.6) is 0 Å². The van der Waals surface area contributed by atoms with Crippen LogP contribution in [0, 0.1) is 0 Å². The van der Waals surface area contributed by atoms with Crippen LogP contribution in [-0.2, 0) is 18.8 Å². The smallest absolute Gasteiger partial charge is 0.407 e. The molecule has 26 heavy (non-hydrogen) atoms. The van der Waals surface area contributed by atoms with Crippen LogP contribution in [0.25, 0.3) is 11.1 Å². The summed E-state index contributed by atoms with van der Waals surface area (Å²) in [5.41, 5.74) is 4.56. The third kappa shape index (κ3) is 3.71. The molecule has 2 unspecified atom stereocenters. The first-order chi connectivity index (χ1) is 12.7. The van der Waals surface area contributed by atoms with Gasteiger partial charge in [0, 0.05) is 15.4 Å². The van der Waals surface area contributed by atoms with Crippen molar-refractivity contribution in [3.63, 3.8) is 0 Å². The first-order valence-corrected chi connectivity index (χ1v) is 8.64. The van der Waals surface area contributed by atoms with Crippen LogP contribution < -0.4 is 5.32 Å². The molecule has 0 radical (unpaired) electrons. The molecule has 1 N–H and O–H groups in total. The van der Waals surface area contributed by atoms with Gasteiger partial charge in [-0.3, -0.25) is 0 Å². The monoisotopic (exact) mass is 373 g/mol. The lowest BCUT2D eigenvalue weighted by molar-refractivity contribution is -0.143. The van der Waals surface area contributed by atoms with Crippen LogP contribution in [-0.4, -0.2) is 38.4 Å². The average molecular weight is 373 g/mol. The molecule has 0 bridgehead atoms. The molecule has 136 valence electrons. The number of hydrogen-bond donors (Lipinski definition) is 1. The first kappa shape index (κ1) is 18.4. The predicted molar refractivity (Wildman–Crippen MR) is 99.7 cm³/mol. The minimum Gasteiger partial charge on any atom is -0.467 e. The Kier molecular flexibility index (Phi) is 5.86. The number of alkyl carbamates (subject to hydrolysis) is 1. The summed E-state index contributed by atoms with van der Waals surface area (Å²) in [7, 11) is 3.28. The fourth-order valence-electron chi connectivity index (χ4n) is 3.19. The van der Waals surface area contributed by atoms with Crippen LogP contribution in [0.2, 0.25) is 0 Å². The average Bonchev–Trinajstić information content (AvgIpc) is 2.99. The number of fused-ring (bicyclic) bond motifs is 3. The highest BCUT2D eigenvalue weighted by molar-refractivity contribution is 7.09. The molecular weight excluding hydrogens is 353 g/mol. The number of methoxy groups -OCH3 is 1. The zero-order valence-electron chi connectivity index (χ0n) is 14.3. The van der Waals surface area contributed by atoms with E-state index in [0.717, 1.165) is 22.3 Å². The Morgan fingerprint density at radius 2 is 1.65 bits per heavy atom. The zero-order chi connectivity index (χ0) is 18.5. The van der Waals surface area contributed by atoms with Gasteiger partial charge in [-0.05, 0) is 22.3 Å². The molecule has 1 aliphatic carbocycles. The number of carbonyl (C=O) groups excluding carboxylic acids is 2. The standard InChI is InChI=1S/C19H20NO5P/c1-23-18(21)17(11-25-26)20-19(22)24-10-16-14-8-4-2-6-12(14)13-7-3-5-9-15(13)16/h2-9,16-17H,10-11,26H2,1H3,(H,20,22).